The van der Waals surface area contributed by atoms with Crippen LogP contribution in [0.3, 0.4) is 0 Å². The Bertz CT molecular complexity index is 501. The summed E-state index contributed by atoms with van der Waals surface area (Å²) in [7, 11) is 0. The first-order chi connectivity index (χ1) is 8.19. The molecular weight excluding hydrogens is 259 g/mol. The van der Waals surface area contributed by atoms with Crippen molar-refractivity contribution in [3.05, 3.63) is 51.4 Å². The van der Waals surface area contributed by atoms with Gasteiger partial charge in [0.15, 0.2) is 0 Å². The highest BCUT2D eigenvalue weighted by Crippen LogP contribution is 2.28. The van der Waals surface area contributed by atoms with Crippen molar-refractivity contribution < 1.29 is 4.39 Å². The first kappa shape index (κ1) is 12.4. The molecule has 0 saturated heterocycles. The lowest BCUT2D eigenvalue weighted by Crippen LogP contribution is -2.19. The van der Waals surface area contributed by atoms with E-state index in [0.29, 0.717) is 12.2 Å². The van der Waals surface area contributed by atoms with E-state index in [1.54, 1.807) is 12.1 Å². The first-order valence-corrected chi connectivity index (χ1v) is 6.36. The van der Waals surface area contributed by atoms with E-state index in [0.717, 1.165) is 9.21 Å². The number of hydrogen-bond donors (Lipinski definition) is 2. The van der Waals surface area contributed by atoms with E-state index in [1.165, 1.54) is 23.5 Å². The molecule has 0 spiro atoms. The van der Waals surface area contributed by atoms with Gasteiger partial charge in [-0.3, -0.25) is 0 Å². The maximum Gasteiger partial charge on any atom is 0.125 e. The minimum absolute atomic E-state index is 0.0469. The molecule has 90 valence electrons. The predicted molar refractivity (Wildman–Crippen MR) is 71.1 cm³/mol. The number of thiophene rings is 1. The Morgan fingerprint density at radius 1 is 1.35 bits per heavy atom. The van der Waals surface area contributed by atoms with Crippen molar-refractivity contribution in [2.75, 3.05) is 11.9 Å². The van der Waals surface area contributed by atoms with Crippen LogP contribution < -0.4 is 11.1 Å². The highest BCUT2D eigenvalue weighted by molar-refractivity contribution is 7.16. The summed E-state index contributed by atoms with van der Waals surface area (Å²) in [4.78, 5) is 1.04. The van der Waals surface area contributed by atoms with E-state index in [1.807, 2.05) is 12.1 Å². The molecule has 5 heteroatoms. The van der Waals surface area contributed by atoms with Crippen molar-refractivity contribution >= 4 is 28.6 Å². The van der Waals surface area contributed by atoms with Crippen molar-refractivity contribution in [3.8, 4) is 0 Å². The topological polar surface area (TPSA) is 38.0 Å². The molecule has 1 aromatic heterocycles. The Morgan fingerprint density at radius 2 is 2.18 bits per heavy atom. The van der Waals surface area contributed by atoms with Crippen LogP contribution in [0.2, 0.25) is 4.34 Å². The zero-order valence-electron chi connectivity index (χ0n) is 8.99. The molecule has 0 radical (unpaired) electrons. The Balaban J connectivity index is 2.15. The van der Waals surface area contributed by atoms with Crippen LogP contribution in [-0.2, 0) is 0 Å². The predicted octanol–water partition coefficient (Wildman–Crippen LogP) is 3.65. The molecule has 1 heterocycles. The summed E-state index contributed by atoms with van der Waals surface area (Å²) in [5.74, 6) is -0.269. The SMILES string of the molecule is NCC(Nc1cccc(F)c1)c1ccc(Cl)s1. The highest BCUT2D eigenvalue weighted by Gasteiger charge is 2.12. The van der Waals surface area contributed by atoms with Gasteiger partial charge in [-0.05, 0) is 30.3 Å². The number of rotatable bonds is 4. The molecule has 0 bridgehead atoms. The maximum atomic E-state index is 13.0. The highest BCUT2D eigenvalue weighted by atomic mass is 35.5. The second-order valence-corrected chi connectivity index (χ2v) is 5.33. The lowest BCUT2D eigenvalue weighted by Gasteiger charge is -2.16. The van der Waals surface area contributed by atoms with Crippen LogP contribution in [0.1, 0.15) is 10.9 Å². The van der Waals surface area contributed by atoms with Crippen LogP contribution >= 0.6 is 22.9 Å². The molecule has 17 heavy (non-hydrogen) atoms. The van der Waals surface area contributed by atoms with E-state index < -0.39 is 0 Å². The average molecular weight is 271 g/mol. The maximum absolute atomic E-state index is 13.0. The van der Waals surface area contributed by atoms with Crippen molar-refractivity contribution in [3.63, 3.8) is 0 Å². The zero-order chi connectivity index (χ0) is 12.3. The van der Waals surface area contributed by atoms with Gasteiger partial charge in [0, 0.05) is 17.1 Å². The fourth-order valence-electron chi connectivity index (χ4n) is 1.54. The number of benzene rings is 1. The van der Waals surface area contributed by atoms with Gasteiger partial charge < -0.3 is 11.1 Å². The first-order valence-electron chi connectivity index (χ1n) is 5.16. The number of nitrogens with one attached hydrogen (secondary N) is 1. The van der Waals surface area contributed by atoms with Gasteiger partial charge in [-0.1, -0.05) is 17.7 Å². The van der Waals surface area contributed by atoms with Crippen LogP contribution in [0.5, 0.6) is 0 Å². The molecule has 3 N–H and O–H groups in total. The molecule has 1 aromatic carbocycles. The van der Waals surface area contributed by atoms with Crippen molar-refractivity contribution in [1.82, 2.24) is 0 Å². The van der Waals surface area contributed by atoms with Crippen LogP contribution in [0.4, 0.5) is 10.1 Å². The summed E-state index contributed by atoms with van der Waals surface area (Å²) in [5, 5.41) is 3.19. The zero-order valence-corrected chi connectivity index (χ0v) is 10.6. The number of halogens is 2. The summed E-state index contributed by atoms with van der Waals surface area (Å²) in [6, 6.07) is 10.0. The largest absolute Gasteiger partial charge is 0.376 e. The lowest BCUT2D eigenvalue weighted by atomic mass is 10.2. The Hall–Kier alpha value is -1.10. The average Bonchev–Trinajstić information content (AvgIpc) is 2.73. The van der Waals surface area contributed by atoms with Crippen LogP contribution in [0.15, 0.2) is 36.4 Å². The normalized spacial score (nSPS) is 12.4. The quantitative estimate of drug-likeness (QED) is 0.890. The molecule has 0 aliphatic carbocycles. The van der Waals surface area contributed by atoms with Gasteiger partial charge in [-0.2, -0.15) is 0 Å². The van der Waals surface area contributed by atoms with Crippen LogP contribution in [-0.4, -0.2) is 6.54 Å². The third kappa shape index (κ3) is 3.19. The minimum Gasteiger partial charge on any atom is -0.376 e. The fourth-order valence-corrected chi connectivity index (χ4v) is 2.67. The second-order valence-electron chi connectivity index (χ2n) is 3.58. The minimum atomic E-state index is -0.269. The second kappa shape index (κ2) is 5.49. The summed E-state index contributed by atoms with van der Waals surface area (Å²) < 4.78 is 13.8. The molecule has 2 aromatic rings. The summed E-state index contributed by atoms with van der Waals surface area (Å²) in [6.07, 6.45) is 0. The van der Waals surface area contributed by atoms with E-state index in [-0.39, 0.29) is 11.9 Å². The van der Waals surface area contributed by atoms with Gasteiger partial charge in [0.2, 0.25) is 0 Å². The molecule has 0 aliphatic heterocycles. The van der Waals surface area contributed by atoms with Gasteiger partial charge in [-0.25, -0.2) is 4.39 Å². The van der Waals surface area contributed by atoms with Gasteiger partial charge in [0.1, 0.15) is 5.82 Å². The van der Waals surface area contributed by atoms with Crippen LogP contribution in [0.25, 0.3) is 0 Å². The Kier molecular flexibility index (Phi) is 3.99. The van der Waals surface area contributed by atoms with E-state index in [4.69, 9.17) is 17.3 Å². The van der Waals surface area contributed by atoms with Crippen molar-refractivity contribution in [2.45, 2.75) is 6.04 Å². The molecule has 2 rings (SSSR count). The lowest BCUT2D eigenvalue weighted by molar-refractivity contribution is 0.627. The molecule has 0 fully saturated rings. The Labute approximate surface area is 108 Å². The van der Waals surface area contributed by atoms with Gasteiger partial charge in [-0.15, -0.1) is 11.3 Å². The third-order valence-corrected chi connectivity index (χ3v) is 3.68. The standard InChI is InChI=1S/C12H12ClFN2S/c13-12-5-4-11(17-12)10(7-15)16-9-3-1-2-8(14)6-9/h1-6,10,16H,7,15H2. The number of anilines is 1. The molecule has 0 saturated carbocycles. The molecule has 2 nitrogen and oxygen atoms in total. The molecular formula is C12H12ClFN2S. The summed E-state index contributed by atoms with van der Waals surface area (Å²) in [6.45, 7) is 0.424. The van der Waals surface area contributed by atoms with Gasteiger partial charge >= 0.3 is 0 Å². The van der Waals surface area contributed by atoms with Gasteiger partial charge in [0.25, 0.3) is 0 Å². The van der Waals surface area contributed by atoms with Crippen molar-refractivity contribution in [1.29, 1.82) is 0 Å². The third-order valence-electron chi connectivity index (χ3n) is 2.34. The molecule has 1 atom stereocenters. The van der Waals surface area contributed by atoms with Crippen LogP contribution in [0, 0.1) is 5.82 Å². The molecule has 0 aliphatic rings. The van der Waals surface area contributed by atoms with Crippen molar-refractivity contribution in [2.24, 2.45) is 5.73 Å². The number of nitrogens with two attached hydrogens (primary N) is 1. The molecule has 1 unspecified atom stereocenters. The monoisotopic (exact) mass is 270 g/mol. The van der Waals surface area contributed by atoms with E-state index in [2.05, 4.69) is 5.32 Å². The van der Waals surface area contributed by atoms with Gasteiger partial charge in [0.05, 0.1) is 10.4 Å². The Morgan fingerprint density at radius 3 is 2.76 bits per heavy atom. The smallest absolute Gasteiger partial charge is 0.125 e. The summed E-state index contributed by atoms with van der Waals surface area (Å²) >= 11 is 7.35. The summed E-state index contributed by atoms with van der Waals surface area (Å²) in [5.41, 5.74) is 6.42. The number of hydrogen-bond acceptors (Lipinski definition) is 3. The fraction of sp³-hybridized carbons (Fsp3) is 0.167. The van der Waals surface area contributed by atoms with E-state index >= 15 is 0 Å². The molecule has 0 amide bonds. The van der Waals surface area contributed by atoms with E-state index in [9.17, 15) is 4.39 Å².